The number of anilines is 2. The molecule has 5 rings (SSSR count). The number of nitrogens with one attached hydrogen (secondary N) is 4. The van der Waals surface area contributed by atoms with Gasteiger partial charge in [0.1, 0.15) is 11.8 Å². The molecule has 2 amide bonds. The van der Waals surface area contributed by atoms with Gasteiger partial charge in [0.25, 0.3) is 26.1 Å². The Morgan fingerprint density at radius 2 is 1.69 bits per heavy atom. The summed E-state index contributed by atoms with van der Waals surface area (Å²) in [6.07, 6.45) is 12.9. The number of nitriles is 1. The average molecular weight is 756 g/mol. The summed E-state index contributed by atoms with van der Waals surface area (Å²) in [6, 6.07) is 13.4. The van der Waals surface area contributed by atoms with Crippen molar-refractivity contribution in [1.82, 2.24) is 30.2 Å². The molecule has 1 saturated carbocycles. The minimum absolute atomic E-state index is 0.0433. The molecule has 1 fully saturated rings. The van der Waals surface area contributed by atoms with Crippen molar-refractivity contribution in [2.45, 2.75) is 37.8 Å². The normalized spacial score (nSPS) is 15.8. The number of pyridine rings is 1. The van der Waals surface area contributed by atoms with Crippen LogP contribution in [0.3, 0.4) is 0 Å². The Balaban J connectivity index is 0.000000644. The monoisotopic (exact) mass is 755 g/mol. The van der Waals surface area contributed by atoms with Crippen LogP contribution in [0.1, 0.15) is 41.7 Å². The Bertz CT molecular complexity index is 2080. The number of fused-ring (bicyclic) bond motifs is 1. The van der Waals surface area contributed by atoms with Crippen LogP contribution in [-0.2, 0) is 25.0 Å². The van der Waals surface area contributed by atoms with E-state index in [-0.39, 0.29) is 29.6 Å². The first-order valence-corrected chi connectivity index (χ1v) is 19.4. The molecule has 0 spiro atoms. The van der Waals surface area contributed by atoms with E-state index in [9.17, 15) is 31.7 Å². The molecule has 0 aliphatic heterocycles. The average Bonchev–Trinajstić information content (AvgIpc) is 3.48. The Morgan fingerprint density at radius 3 is 2.33 bits per heavy atom. The number of likely N-dealkylation sites (N-methyl/N-ethyl adjacent to an activating group) is 1. The van der Waals surface area contributed by atoms with Crippen LogP contribution in [0.5, 0.6) is 0 Å². The number of hydrogen-bond acceptors (Lipinski definition) is 12. The molecule has 1 aliphatic rings. The van der Waals surface area contributed by atoms with E-state index >= 15 is 0 Å². The second-order valence-electron chi connectivity index (χ2n) is 12.0. The van der Waals surface area contributed by atoms with E-state index in [1.165, 1.54) is 12.3 Å². The Kier molecular flexibility index (Phi) is 14.9. The lowest BCUT2D eigenvalue weighted by atomic mass is 9.91. The van der Waals surface area contributed by atoms with Gasteiger partial charge in [-0.2, -0.15) is 22.1 Å². The van der Waals surface area contributed by atoms with Crippen molar-refractivity contribution < 1.29 is 35.5 Å². The summed E-state index contributed by atoms with van der Waals surface area (Å²) < 4.78 is 51.7. The highest BCUT2D eigenvalue weighted by atomic mass is 32.2. The van der Waals surface area contributed by atoms with Crippen LogP contribution in [0.2, 0.25) is 0 Å². The van der Waals surface area contributed by atoms with Crippen LogP contribution >= 0.6 is 0 Å². The number of H-pyrrole nitrogens is 1. The van der Waals surface area contributed by atoms with Crippen molar-refractivity contribution in [3.05, 3.63) is 78.4 Å². The number of hydrogen-bond donors (Lipinski definition) is 6. The molecule has 2 atom stereocenters. The molecule has 4 aromatic rings. The molecule has 1 aliphatic carbocycles. The molecular weight excluding hydrogens is 715 g/mol. The van der Waals surface area contributed by atoms with Crippen molar-refractivity contribution in [2.24, 2.45) is 0 Å². The molecule has 0 unspecified atom stereocenters. The molecule has 3 aromatic heterocycles. The molecule has 0 radical (unpaired) electrons. The van der Waals surface area contributed by atoms with Crippen LogP contribution in [0, 0.1) is 11.3 Å². The Morgan fingerprint density at radius 1 is 1.02 bits per heavy atom. The third-order valence-corrected chi connectivity index (χ3v) is 7.10. The summed E-state index contributed by atoms with van der Waals surface area (Å²) in [5.41, 5.74) is 3.59. The first-order chi connectivity index (χ1) is 24.4. The van der Waals surface area contributed by atoms with Gasteiger partial charge in [0.2, 0.25) is 11.9 Å². The zero-order valence-electron chi connectivity index (χ0n) is 28.9. The van der Waals surface area contributed by atoms with Gasteiger partial charge in [-0.05, 0) is 58.0 Å². The van der Waals surface area contributed by atoms with Crippen LogP contribution in [0.15, 0.2) is 67.1 Å². The molecular formula is C33H41N9O8S2. The molecule has 0 saturated heterocycles. The number of nitrogens with zero attached hydrogens (tertiary/aromatic N) is 5. The summed E-state index contributed by atoms with van der Waals surface area (Å²) in [4.78, 5) is 43.5. The van der Waals surface area contributed by atoms with E-state index in [2.05, 4.69) is 37.0 Å². The van der Waals surface area contributed by atoms with Crippen molar-refractivity contribution in [3.63, 3.8) is 0 Å². The number of rotatable bonds is 9. The van der Waals surface area contributed by atoms with E-state index in [0.29, 0.717) is 48.4 Å². The minimum atomic E-state index is -3.67. The second-order valence-corrected chi connectivity index (χ2v) is 15.0. The fraction of sp³-hybridized carbons (Fsp3) is 0.333. The molecule has 3 heterocycles. The van der Waals surface area contributed by atoms with Crippen LogP contribution in [0.25, 0.3) is 22.2 Å². The van der Waals surface area contributed by atoms with Crippen molar-refractivity contribution >= 4 is 54.6 Å². The van der Waals surface area contributed by atoms with Gasteiger partial charge in [0, 0.05) is 47.4 Å². The topological polar surface area (TPSA) is 260 Å². The first kappa shape index (κ1) is 41.2. The predicted octanol–water partition coefficient (Wildman–Crippen LogP) is 3.11. The number of benzene rings is 1. The maximum Gasteiger partial charge on any atom is 0.270 e. The van der Waals surface area contributed by atoms with E-state index < -0.39 is 20.2 Å². The molecule has 17 nitrogen and oxygen atoms in total. The van der Waals surface area contributed by atoms with Gasteiger partial charge in [-0.25, -0.2) is 15.0 Å². The lowest BCUT2D eigenvalue weighted by molar-refractivity contribution is -0.111. The summed E-state index contributed by atoms with van der Waals surface area (Å²) in [6.45, 7) is 0.662. The standard InChI is InChI=1S/C31H33N9O2.2CH4O3S/c1-40(2)14-6-11-28(41)36-23-12-13-27(33-18-23)30(42)37-21-7-5-8-22(15-21)38-31-35-17-20(16-32)29(39-31)25-19-34-26-10-4-3-9-24(25)26;2*1-5(2,3)4/h3-4,6,9-13,17-19,21-22,34H,5,7-8,14-15H2,1-2H3,(H,36,41)(H,37,42)(H,35,38,39);2*1H3,(H,2,3,4)/b11-6+;;/t21-,22+;;/m0../s1. The van der Waals surface area contributed by atoms with E-state index in [1.54, 1.807) is 24.4 Å². The lowest BCUT2D eigenvalue weighted by Gasteiger charge is -2.30. The van der Waals surface area contributed by atoms with Crippen LogP contribution in [0.4, 0.5) is 11.6 Å². The smallest absolute Gasteiger partial charge is 0.270 e. The van der Waals surface area contributed by atoms with Crippen molar-refractivity contribution in [3.8, 4) is 17.3 Å². The number of para-hydroxylation sites is 1. The highest BCUT2D eigenvalue weighted by molar-refractivity contribution is 7.85. The summed E-state index contributed by atoms with van der Waals surface area (Å²) in [5, 5.41) is 19.9. The highest BCUT2D eigenvalue weighted by Crippen LogP contribution is 2.30. The third-order valence-electron chi connectivity index (χ3n) is 7.10. The number of aromatic nitrogens is 4. The first-order valence-electron chi connectivity index (χ1n) is 15.7. The largest absolute Gasteiger partial charge is 0.360 e. The zero-order chi connectivity index (χ0) is 38.5. The fourth-order valence-electron chi connectivity index (χ4n) is 5.06. The van der Waals surface area contributed by atoms with Gasteiger partial charge in [0.05, 0.1) is 41.8 Å². The Labute approximate surface area is 302 Å². The lowest BCUT2D eigenvalue weighted by Crippen LogP contribution is -2.42. The predicted molar refractivity (Wildman–Crippen MR) is 197 cm³/mol. The Hall–Kier alpha value is -5.26. The second kappa shape index (κ2) is 18.8. The minimum Gasteiger partial charge on any atom is -0.360 e. The quantitative estimate of drug-likeness (QED) is 0.106. The van der Waals surface area contributed by atoms with Crippen LogP contribution < -0.4 is 16.0 Å². The number of carbonyl (C=O) groups excluding carboxylic acids is 2. The van der Waals surface area contributed by atoms with Crippen molar-refractivity contribution in [1.29, 1.82) is 5.26 Å². The van der Waals surface area contributed by atoms with Crippen molar-refractivity contribution in [2.75, 3.05) is 43.8 Å². The van der Waals surface area contributed by atoms with E-state index in [0.717, 1.165) is 35.7 Å². The van der Waals surface area contributed by atoms with Gasteiger partial charge in [-0.1, -0.05) is 24.3 Å². The fourth-order valence-corrected chi connectivity index (χ4v) is 5.06. The van der Waals surface area contributed by atoms with E-state index in [4.69, 9.17) is 14.1 Å². The molecule has 6 N–H and O–H groups in total. The van der Waals surface area contributed by atoms with Crippen LogP contribution in [-0.4, -0.2) is 108 Å². The number of amides is 2. The molecule has 278 valence electrons. The number of aromatic amines is 1. The zero-order valence-corrected chi connectivity index (χ0v) is 30.6. The van der Waals surface area contributed by atoms with Gasteiger partial charge < -0.3 is 25.8 Å². The summed E-state index contributed by atoms with van der Waals surface area (Å²) >= 11 is 0. The van der Waals surface area contributed by atoms with Gasteiger partial charge in [-0.3, -0.25) is 18.7 Å². The molecule has 1 aromatic carbocycles. The molecule has 19 heteroatoms. The highest BCUT2D eigenvalue weighted by Gasteiger charge is 2.25. The van der Waals surface area contributed by atoms with E-state index in [1.807, 2.05) is 49.5 Å². The van der Waals surface area contributed by atoms with Gasteiger partial charge >= 0.3 is 0 Å². The summed E-state index contributed by atoms with van der Waals surface area (Å²) in [5.74, 6) is -0.0702. The summed E-state index contributed by atoms with van der Waals surface area (Å²) in [7, 11) is -3.49. The van der Waals surface area contributed by atoms with Gasteiger partial charge in [0.15, 0.2) is 0 Å². The maximum atomic E-state index is 12.9. The molecule has 0 bridgehead atoms. The third kappa shape index (κ3) is 14.9. The molecule has 52 heavy (non-hydrogen) atoms. The number of carbonyl (C=O) groups is 2. The maximum absolute atomic E-state index is 12.9. The SMILES string of the molecule is CN(C)C/C=C/C(=O)Nc1ccc(C(=O)N[C@H]2CCC[C@@H](Nc3ncc(C#N)c(-c4c[nH]c5ccccc45)n3)C2)nc1.CS(=O)(=O)O.CS(=O)(=O)O. The van der Waals surface area contributed by atoms with Gasteiger partial charge in [-0.15, -0.1) is 0 Å².